The summed E-state index contributed by atoms with van der Waals surface area (Å²) in [5, 5.41) is 12.2. The number of aliphatic hydroxyl groups excluding tert-OH is 1. The van der Waals surface area contributed by atoms with Crippen LogP contribution in [0, 0.1) is 17.8 Å². The molecule has 0 aromatic carbocycles. The number of ether oxygens (including phenoxy) is 1. The lowest BCUT2D eigenvalue weighted by Gasteiger charge is -2.18. The van der Waals surface area contributed by atoms with Gasteiger partial charge in [0.15, 0.2) is 0 Å². The van der Waals surface area contributed by atoms with Crippen LogP contribution in [0.4, 0.5) is 0 Å². The molecule has 4 nitrogen and oxygen atoms in total. The van der Waals surface area contributed by atoms with Crippen molar-refractivity contribution in [1.29, 1.82) is 0 Å². The zero-order valence-corrected chi connectivity index (χ0v) is 9.65. The molecular formula is C12H21NO3. The Hall–Kier alpha value is -0.610. The van der Waals surface area contributed by atoms with Crippen molar-refractivity contribution in [2.45, 2.75) is 25.7 Å². The average molecular weight is 227 g/mol. The molecule has 3 atom stereocenters. The second-order valence-electron chi connectivity index (χ2n) is 4.94. The Morgan fingerprint density at radius 3 is 2.81 bits per heavy atom. The molecule has 0 aromatic rings. The van der Waals surface area contributed by atoms with Crippen molar-refractivity contribution < 1.29 is 14.6 Å². The van der Waals surface area contributed by atoms with E-state index in [9.17, 15) is 9.90 Å². The highest BCUT2D eigenvalue weighted by atomic mass is 16.5. The van der Waals surface area contributed by atoms with Gasteiger partial charge in [-0.25, -0.2) is 0 Å². The molecule has 2 N–H and O–H groups in total. The van der Waals surface area contributed by atoms with Crippen LogP contribution in [0.15, 0.2) is 0 Å². The minimum atomic E-state index is 0.0500. The van der Waals surface area contributed by atoms with E-state index in [1.807, 2.05) is 0 Å². The van der Waals surface area contributed by atoms with E-state index in [2.05, 4.69) is 5.32 Å². The van der Waals surface area contributed by atoms with E-state index in [1.165, 1.54) is 6.42 Å². The van der Waals surface area contributed by atoms with Crippen LogP contribution < -0.4 is 5.32 Å². The Kier molecular flexibility index (Phi) is 4.18. The van der Waals surface area contributed by atoms with E-state index in [4.69, 9.17) is 4.74 Å². The summed E-state index contributed by atoms with van der Waals surface area (Å²) in [5.41, 5.74) is 0. The highest BCUT2D eigenvalue weighted by Gasteiger charge is 2.28. The van der Waals surface area contributed by atoms with Crippen LogP contribution in [0.3, 0.4) is 0 Å². The molecule has 0 bridgehead atoms. The molecule has 1 amide bonds. The SMILES string of the molecule is O=C(NCC1CCCC1CO)C1CCOC1. The van der Waals surface area contributed by atoms with Gasteiger partial charge in [0, 0.05) is 19.8 Å². The number of rotatable bonds is 4. The number of hydrogen-bond acceptors (Lipinski definition) is 3. The third-order valence-electron chi connectivity index (χ3n) is 3.89. The van der Waals surface area contributed by atoms with Crippen LogP contribution in [-0.2, 0) is 9.53 Å². The zero-order valence-electron chi connectivity index (χ0n) is 9.65. The third-order valence-corrected chi connectivity index (χ3v) is 3.89. The summed E-state index contributed by atoms with van der Waals surface area (Å²) in [6, 6.07) is 0. The molecular weight excluding hydrogens is 206 g/mol. The lowest BCUT2D eigenvalue weighted by Crippen LogP contribution is -2.36. The molecule has 2 fully saturated rings. The molecule has 2 rings (SSSR count). The van der Waals surface area contributed by atoms with Crippen molar-refractivity contribution in [1.82, 2.24) is 5.32 Å². The van der Waals surface area contributed by atoms with Crippen molar-refractivity contribution in [3.63, 3.8) is 0 Å². The van der Waals surface area contributed by atoms with Crippen LogP contribution >= 0.6 is 0 Å². The van der Waals surface area contributed by atoms with Gasteiger partial charge >= 0.3 is 0 Å². The molecule has 4 heteroatoms. The molecule has 1 heterocycles. The van der Waals surface area contributed by atoms with Gasteiger partial charge in [-0.15, -0.1) is 0 Å². The van der Waals surface area contributed by atoms with Gasteiger partial charge in [-0.3, -0.25) is 4.79 Å². The Bertz CT molecular complexity index is 238. The van der Waals surface area contributed by atoms with E-state index in [1.54, 1.807) is 0 Å². The summed E-state index contributed by atoms with van der Waals surface area (Å²) in [6.45, 7) is 2.26. The summed E-state index contributed by atoms with van der Waals surface area (Å²) >= 11 is 0. The van der Waals surface area contributed by atoms with Gasteiger partial charge in [0.25, 0.3) is 0 Å². The van der Waals surface area contributed by atoms with Crippen molar-refractivity contribution in [2.75, 3.05) is 26.4 Å². The monoisotopic (exact) mass is 227 g/mol. The molecule has 1 saturated carbocycles. The van der Waals surface area contributed by atoms with Gasteiger partial charge in [-0.05, 0) is 31.1 Å². The number of carbonyl (C=O) groups excluding carboxylic acids is 1. The molecule has 0 aromatic heterocycles. The maximum absolute atomic E-state index is 11.7. The third kappa shape index (κ3) is 2.74. The number of aliphatic hydroxyl groups is 1. The number of nitrogens with one attached hydrogen (secondary N) is 1. The smallest absolute Gasteiger partial charge is 0.225 e. The van der Waals surface area contributed by atoms with E-state index < -0.39 is 0 Å². The summed E-state index contributed by atoms with van der Waals surface area (Å²) in [5.74, 6) is 1.03. The maximum Gasteiger partial charge on any atom is 0.225 e. The van der Waals surface area contributed by atoms with Crippen LogP contribution in [0.1, 0.15) is 25.7 Å². The molecule has 1 aliphatic carbocycles. The second-order valence-corrected chi connectivity index (χ2v) is 4.94. The molecule has 16 heavy (non-hydrogen) atoms. The number of hydrogen-bond donors (Lipinski definition) is 2. The van der Waals surface area contributed by atoms with Gasteiger partial charge in [0.05, 0.1) is 12.5 Å². The fourth-order valence-corrected chi connectivity index (χ4v) is 2.74. The maximum atomic E-state index is 11.7. The fourth-order valence-electron chi connectivity index (χ4n) is 2.74. The Balaban J connectivity index is 1.71. The lowest BCUT2D eigenvalue weighted by molar-refractivity contribution is -0.125. The summed E-state index contributed by atoms with van der Waals surface area (Å²) < 4.78 is 5.19. The molecule has 2 aliphatic rings. The van der Waals surface area contributed by atoms with Crippen LogP contribution in [0.5, 0.6) is 0 Å². The quantitative estimate of drug-likeness (QED) is 0.737. The molecule has 0 spiro atoms. The highest BCUT2D eigenvalue weighted by Crippen LogP contribution is 2.30. The largest absolute Gasteiger partial charge is 0.396 e. The van der Waals surface area contributed by atoms with E-state index in [0.29, 0.717) is 25.0 Å². The number of amides is 1. The first-order valence-corrected chi connectivity index (χ1v) is 6.27. The van der Waals surface area contributed by atoms with Gasteiger partial charge in [-0.1, -0.05) is 6.42 Å². The fraction of sp³-hybridized carbons (Fsp3) is 0.917. The summed E-state index contributed by atoms with van der Waals surface area (Å²) in [6.07, 6.45) is 4.26. The average Bonchev–Trinajstić information content (AvgIpc) is 2.96. The number of carbonyl (C=O) groups is 1. The first-order valence-electron chi connectivity index (χ1n) is 6.27. The Morgan fingerprint density at radius 1 is 1.31 bits per heavy atom. The van der Waals surface area contributed by atoms with Crippen LogP contribution in [-0.4, -0.2) is 37.4 Å². The van der Waals surface area contributed by atoms with Gasteiger partial charge in [0.2, 0.25) is 5.91 Å². The first-order chi connectivity index (χ1) is 7.81. The molecule has 1 saturated heterocycles. The Morgan fingerprint density at radius 2 is 2.12 bits per heavy atom. The van der Waals surface area contributed by atoms with Crippen molar-refractivity contribution >= 4 is 5.91 Å². The van der Waals surface area contributed by atoms with E-state index in [-0.39, 0.29) is 18.4 Å². The second kappa shape index (κ2) is 5.64. The summed E-state index contributed by atoms with van der Waals surface area (Å²) in [7, 11) is 0. The van der Waals surface area contributed by atoms with Gasteiger partial charge in [-0.2, -0.15) is 0 Å². The molecule has 92 valence electrons. The predicted octanol–water partition coefficient (Wildman–Crippen LogP) is 0.548. The van der Waals surface area contributed by atoms with Gasteiger partial charge < -0.3 is 15.2 Å². The zero-order chi connectivity index (χ0) is 11.4. The normalized spacial score (nSPS) is 34.2. The van der Waals surface area contributed by atoms with Crippen molar-refractivity contribution in [3.8, 4) is 0 Å². The lowest BCUT2D eigenvalue weighted by atomic mass is 9.96. The topological polar surface area (TPSA) is 58.6 Å². The van der Waals surface area contributed by atoms with Gasteiger partial charge in [0.1, 0.15) is 0 Å². The standard InChI is InChI=1S/C12H21NO3/c14-7-10-3-1-2-9(10)6-13-12(15)11-4-5-16-8-11/h9-11,14H,1-8H2,(H,13,15). The molecule has 0 radical (unpaired) electrons. The predicted molar refractivity (Wildman–Crippen MR) is 59.9 cm³/mol. The molecule has 1 aliphatic heterocycles. The van der Waals surface area contributed by atoms with Crippen LogP contribution in [0.2, 0.25) is 0 Å². The minimum Gasteiger partial charge on any atom is -0.396 e. The van der Waals surface area contributed by atoms with Crippen LogP contribution in [0.25, 0.3) is 0 Å². The van der Waals surface area contributed by atoms with E-state index >= 15 is 0 Å². The minimum absolute atomic E-state index is 0.0500. The first kappa shape index (κ1) is 11.9. The van der Waals surface area contributed by atoms with Crippen molar-refractivity contribution in [3.05, 3.63) is 0 Å². The highest BCUT2D eigenvalue weighted by molar-refractivity contribution is 5.78. The van der Waals surface area contributed by atoms with Crippen molar-refractivity contribution in [2.24, 2.45) is 17.8 Å². The molecule has 3 unspecified atom stereocenters. The summed E-state index contributed by atoms with van der Waals surface area (Å²) in [4.78, 5) is 11.7. The Labute approximate surface area is 96.4 Å². The van der Waals surface area contributed by atoms with E-state index in [0.717, 1.165) is 25.8 Å².